The van der Waals surface area contributed by atoms with Crippen molar-refractivity contribution in [3.63, 3.8) is 0 Å². The van der Waals surface area contributed by atoms with Crippen molar-refractivity contribution in [3.05, 3.63) is 59.2 Å². The summed E-state index contributed by atoms with van der Waals surface area (Å²) in [6.07, 6.45) is 0. The highest BCUT2D eigenvalue weighted by Crippen LogP contribution is 2.30. The van der Waals surface area contributed by atoms with Crippen LogP contribution in [-0.4, -0.2) is 23.4 Å². The summed E-state index contributed by atoms with van der Waals surface area (Å²) >= 11 is 0. The Hall–Kier alpha value is -2.99. The zero-order chi connectivity index (χ0) is 19.0. The summed E-state index contributed by atoms with van der Waals surface area (Å²) in [5, 5.41) is 6.23. The molecule has 2 heterocycles. The molecular weight excluding hydrogens is 340 g/mol. The van der Waals surface area contributed by atoms with Crippen LogP contribution >= 0.6 is 0 Å². The van der Waals surface area contributed by atoms with Gasteiger partial charge in [-0.3, -0.25) is 0 Å². The van der Waals surface area contributed by atoms with Gasteiger partial charge in [-0.15, -0.1) is 0 Å². The van der Waals surface area contributed by atoms with Crippen molar-refractivity contribution < 1.29 is 9.47 Å². The summed E-state index contributed by atoms with van der Waals surface area (Å²) in [5.74, 6) is 7.65. The third-order valence-electron chi connectivity index (χ3n) is 4.90. The van der Waals surface area contributed by atoms with Crippen LogP contribution in [0.15, 0.2) is 42.5 Å². The van der Waals surface area contributed by atoms with Crippen molar-refractivity contribution in [1.82, 2.24) is 9.78 Å². The minimum absolute atomic E-state index is 0.469. The lowest BCUT2D eigenvalue weighted by atomic mass is 10.1. The maximum Gasteiger partial charge on any atom is 0.212 e. The summed E-state index contributed by atoms with van der Waals surface area (Å²) in [6, 6.07) is 14.2. The molecule has 0 saturated carbocycles. The molecule has 27 heavy (non-hydrogen) atoms. The molecule has 1 aliphatic heterocycles. The average molecular weight is 364 g/mol. The monoisotopic (exact) mass is 364 g/mol. The molecule has 0 atom stereocenters. The van der Waals surface area contributed by atoms with Crippen LogP contribution in [0.1, 0.15) is 16.7 Å². The smallest absolute Gasteiger partial charge is 0.212 e. The van der Waals surface area contributed by atoms with Gasteiger partial charge in [-0.2, -0.15) is 5.10 Å². The second kappa shape index (κ2) is 6.96. The van der Waals surface area contributed by atoms with Crippen molar-refractivity contribution in [3.8, 4) is 22.9 Å². The Morgan fingerprint density at radius 3 is 2.78 bits per heavy atom. The highest BCUT2D eigenvalue weighted by molar-refractivity contribution is 5.63. The molecular formula is C21H24N4O2. The van der Waals surface area contributed by atoms with Crippen LogP contribution in [-0.2, 0) is 13.2 Å². The van der Waals surface area contributed by atoms with E-state index in [0.717, 1.165) is 51.8 Å². The van der Waals surface area contributed by atoms with E-state index in [2.05, 4.69) is 24.2 Å². The van der Waals surface area contributed by atoms with Crippen molar-refractivity contribution in [1.29, 1.82) is 0 Å². The zero-order valence-electron chi connectivity index (χ0n) is 15.9. The summed E-state index contributed by atoms with van der Waals surface area (Å²) in [7, 11) is 1.84. The number of hydrogen-bond acceptors (Lipinski definition) is 5. The average Bonchev–Trinajstić information content (AvgIpc) is 3.23. The first-order chi connectivity index (χ1) is 13.0. The number of ether oxygens (including phenoxy) is 2. The van der Waals surface area contributed by atoms with E-state index in [9.17, 15) is 0 Å². The molecule has 0 fully saturated rings. The third kappa shape index (κ3) is 3.36. The Morgan fingerprint density at radius 2 is 2.04 bits per heavy atom. The van der Waals surface area contributed by atoms with Gasteiger partial charge in [-0.05, 0) is 49.2 Å². The molecule has 0 radical (unpaired) electrons. The van der Waals surface area contributed by atoms with Crippen molar-refractivity contribution in [2.75, 3.05) is 18.7 Å². The van der Waals surface area contributed by atoms with Crippen molar-refractivity contribution >= 4 is 5.69 Å². The third-order valence-corrected chi connectivity index (χ3v) is 4.90. The molecule has 3 aromatic rings. The Bertz CT molecular complexity index is 957. The van der Waals surface area contributed by atoms with Gasteiger partial charge in [0.25, 0.3) is 0 Å². The van der Waals surface area contributed by atoms with Gasteiger partial charge in [0, 0.05) is 24.2 Å². The van der Waals surface area contributed by atoms with Gasteiger partial charge in [0.2, 0.25) is 5.88 Å². The van der Waals surface area contributed by atoms with Crippen LogP contribution in [0, 0.1) is 13.8 Å². The summed E-state index contributed by atoms with van der Waals surface area (Å²) in [4.78, 5) is 0. The Labute approximate surface area is 159 Å². The SMILES string of the molecule is Cc1cc(-c2cc3n(n2)CCO3)ccc1OCc1c(C)cccc1N(C)N. The number of nitrogens with two attached hydrogens (primary N) is 1. The Morgan fingerprint density at radius 1 is 1.19 bits per heavy atom. The number of fused-ring (bicyclic) bond motifs is 1. The second-order valence-electron chi connectivity index (χ2n) is 6.89. The van der Waals surface area contributed by atoms with Gasteiger partial charge in [0.15, 0.2) is 0 Å². The minimum atomic E-state index is 0.469. The van der Waals surface area contributed by atoms with Crippen molar-refractivity contribution in [2.24, 2.45) is 5.84 Å². The molecule has 1 aliphatic rings. The molecule has 0 bridgehead atoms. The largest absolute Gasteiger partial charge is 0.489 e. The number of anilines is 1. The van der Waals surface area contributed by atoms with Gasteiger partial charge in [-0.1, -0.05) is 12.1 Å². The fourth-order valence-corrected chi connectivity index (χ4v) is 3.38. The van der Waals surface area contributed by atoms with Crippen LogP contribution in [0.25, 0.3) is 11.3 Å². The number of aryl methyl sites for hydroxylation is 2. The number of benzene rings is 2. The predicted octanol–water partition coefficient (Wildman–Crippen LogP) is 3.45. The molecule has 6 heteroatoms. The maximum atomic E-state index is 6.11. The highest BCUT2D eigenvalue weighted by Gasteiger charge is 2.16. The van der Waals surface area contributed by atoms with E-state index in [1.54, 1.807) is 5.01 Å². The molecule has 0 aliphatic carbocycles. The summed E-state index contributed by atoms with van der Waals surface area (Å²) < 4.78 is 13.6. The quantitative estimate of drug-likeness (QED) is 0.555. The number of hydrogen-bond donors (Lipinski definition) is 1. The molecule has 2 aromatic carbocycles. The predicted molar refractivity (Wildman–Crippen MR) is 106 cm³/mol. The first-order valence-electron chi connectivity index (χ1n) is 9.04. The Balaban J connectivity index is 1.54. The van der Waals surface area contributed by atoms with Gasteiger partial charge < -0.3 is 14.5 Å². The maximum absolute atomic E-state index is 6.11. The van der Waals surface area contributed by atoms with E-state index in [4.69, 9.17) is 15.3 Å². The lowest BCUT2D eigenvalue weighted by Gasteiger charge is -2.19. The van der Waals surface area contributed by atoms with Crippen LogP contribution in [0.4, 0.5) is 5.69 Å². The Kier molecular flexibility index (Phi) is 4.49. The van der Waals surface area contributed by atoms with Crippen LogP contribution < -0.4 is 20.3 Å². The van der Waals surface area contributed by atoms with Gasteiger partial charge >= 0.3 is 0 Å². The molecule has 6 nitrogen and oxygen atoms in total. The van der Waals surface area contributed by atoms with Crippen molar-refractivity contribution in [2.45, 2.75) is 27.0 Å². The number of rotatable bonds is 5. The van der Waals surface area contributed by atoms with Gasteiger partial charge in [0.1, 0.15) is 19.0 Å². The molecule has 0 saturated heterocycles. The zero-order valence-corrected chi connectivity index (χ0v) is 15.9. The fraction of sp³-hybridized carbons (Fsp3) is 0.286. The van der Waals surface area contributed by atoms with E-state index in [0.29, 0.717) is 13.2 Å². The van der Waals surface area contributed by atoms with Gasteiger partial charge in [-0.25, -0.2) is 10.5 Å². The van der Waals surface area contributed by atoms with Crippen LogP contribution in [0.3, 0.4) is 0 Å². The molecule has 2 N–H and O–H groups in total. The van der Waals surface area contributed by atoms with E-state index in [-0.39, 0.29) is 0 Å². The topological polar surface area (TPSA) is 65.5 Å². The second-order valence-corrected chi connectivity index (χ2v) is 6.89. The number of aromatic nitrogens is 2. The summed E-state index contributed by atoms with van der Waals surface area (Å²) in [5.41, 5.74) is 6.27. The molecule has 0 unspecified atom stereocenters. The van der Waals surface area contributed by atoms with E-state index in [1.807, 2.05) is 49.0 Å². The van der Waals surface area contributed by atoms with Crippen LogP contribution in [0.2, 0.25) is 0 Å². The number of nitrogens with zero attached hydrogens (tertiary/aromatic N) is 3. The van der Waals surface area contributed by atoms with Crippen LogP contribution in [0.5, 0.6) is 11.6 Å². The lowest BCUT2D eigenvalue weighted by Crippen LogP contribution is -2.26. The molecule has 0 amide bonds. The number of hydrazine groups is 1. The van der Waals surface area contributed by atoms with E-state index in [1.165, 1.54) is 0 Å². The standard InChI is InChI=1S/C21H24N4O2/c1-14-5-4-6-19(24(3)22)17(14)13-27-20-8-7-16(11-15(20)2)18-12-21-25(23-18)9-10-26-21/h4-8,11-12H,9-10,13,22H2,1-3H3. The van der Waals surface area contributed by atoms with E-state index >= 15 is 0 Å². The molecule has 0 spiro atoms. The summed E-state index contributed by atoms with van der Waals surface area (Å²) in [6.45, 7) is 6.10. The van der Waals surface area contributed by atoms with Gasteiger partial charge in [0.05, 0.1) is 17.9 Å². The first kappa shape index (κ1) is 17.4. The molecule has 1 aromatic heterocycles. The highest BCUT2D eigenvalue weighted by atomic mass is 16.5. The normalized spacial score (nSPS) is 12.6. The first-order valence-corrected chi connectivity index (χ1v) is 9.04. The van der Waals surface area contributed by atoms with E-state index < -0.39 is 0 Å². The lowest BCUT2D eigenvalue weighted by molar-refractivity contribution is 0.303. The molecule has 140 valence electrons. The fourth-order valence-electron chi connectivity index (χ4n) is 3.38. The minimum Gasteiger partial charge on any atom is -0.489 e. The molecule has 4 rings (SSSR count).